The second kappa shape index (κ2) is 6.72. The van der Waals surface area contributed by atoms with Gasteiger partial charge in [0.2, 0.25) is 0 Å². The minimum Gasteiger partial charge on any atom is -0.494 e. The van der Waals surface area contributed by atoms with Crippen molar-refractivity contribution in [1.82, 2.24) is 9.55 Å². The molecule has 0 radical (unpaired) electrons. The first-order chi connectivity index (χ1) is 11.6. The molecule has 0 saturated heterocycles. The molecule has 0 aliphatic carbocycles. The Bertz CT molecular complexity index is 886. The molecule has 3 aromatic rings. The van der Waals surface area contributed by atoms with Gasteiger partial charge in [0.15, 0.2) is 0 Å². The smallest absolute Gasteiger partial charge is 0.255 e. The van der Waals surface area contributed by atoms with E-state index in [0.29, 0.717) is 29.2 Å². The van der Waals surface area contributed by atoms with Crippen molar-refractivity contribution in [3.8, 4) is 5.75 Å². The first-order valence-electron chi connectivity index (χ1n) is 7.71. The molecule has 0 aliphatic rings. The van der Waals surface area contributed by atoms with Crippen LogP contribution in [-0.2, 0) is 13.7 Å². The molecule has 0 saturated carbocycles. The van der Waals surface area contributed by atoms with Gasteiger partial charge in [0.05, 0.1) is 30.6 Å². The standard InChI is InChI=1S/C18H19N3O3/c1-3-24-17-7-5-14(8-13(17)10-22)20-18(23)12-4-6-16-15(9-12)19-11-21(16)2/h4-9,11,22H,3,10H2,1-2H3,(H,20,23). The van der Waals surface area contributed by atoms with Gasteiger partial charge in [-0.05, 0) is 43.3 Å². The number of aryl methyl sites for hydroxylation is 1. The maximum Gasteiger partial charge on any atom is 0.255 e. The van der Waals surface area contributed by atoms with E-state index >= 15 is 0 Å². The maximum atomic E-state index is 12.4. The number of hydrogen-bond acceptors (Lipinski definition) is 4. The number of carbonyl (C=O) groups excluding carboxylic acids is 1. The van der Waals surface area contributed by atoms with Crippen molar-refractivity contribution in [2.24, 2.45) is 7.05 Å². The Morgan fingerprint density at radius 3 is 2.88 bits per heavy atom. The molecule has 0 aliphatic heterocycles. The lowest BCUT2D eigenvalue weighted by Gasteiger charge is -2.11. The second-order valence-electron chi connectivity index (χ2n) is 5.43. The van der Waals surface area contributed by atoms with Crippen molar-refractivity contribution < 1.29 is 14.6 Å². The predicted molar refractivity (Wildman–Crippen MR) is 92.2 cm³/mol. The number of aliphatic hydroxyl groups is 1. The van der Waals surface area contributed by atoms with Gasteiger partial charge in [0.1, 0.15) is 5.75 Å². The summed E-state index contributed by atoms with van der Waals surface area (Å²) in [6.07, 6.45) is 1.71. The number of hydrogen-bond donors (Lipinski definition) is 2. The number of ether oxygens (including phenoxy) is 1. The van der Waals surface area contributed by atoms with Gasteiger partial charge in [-0.1, -0.05) is 0 Å². The van der Waals surface area contributed by atoms with E-state index in [-0.39, 0.29) is 12.5 Å². The lowest BCUT2D eigenvalue weighted by molar-refractivity contribution is 0.102. The molecule has 6 nitrogen and oxygen atoms in total. The number of fused-ring (bicyclic) bond motifs is 1. The molecule has 2 N–H and O–H groups in total. The lowest BCUT2D eigenvalue weighted by atomic mass is 10.1. The molecule has 0 spiro atoms. The minimum atomic E-state index is -0.226. The molecule has 0 bridgehead atoms. The Labute approximate surface area is 139 Å². The zero-order chi connectivity index (χ0) is 17.1. The molecular weight excluding hydrogens is 306 g/mol. The fourth-order valence-electron chi connectivity index (χ4n) is 2.56. The Kier molecular flexibility index (Phi) is 4.48. The quantitative estimate of drug-likeness (QED) is 0.756. The van der Waals surface area contributed by atoms with Crippen LogP contribution in [0, 0.1) is 0 Å². The summed E-state index contributed by atoms with van der Waals surface area (Å²) in [5.41, 5.74) is 3.51. The highest BCUT2D eigenvalue weighted by Gasteiger charge is 2.11. The Balaban J connectivity index is 1.82. The number of aromatic nitrogens is 2. The van der Waals surface area contributed by atoms with Gasteiger partial charge in [-0.3, -0.25) is 4.79 Å². The molecule has 0 fully saturated rings. The third-order valence-electron chi connectivity index (χ3n) is 3.78. The summed E-state index contributed by atoms with van der Waals surface area (Å²) in [6.45, 7) is 2.24. The largest absolute Gasteiger partial charge is 0.494 e. The lowest BCUT2D eigenvalue weighted by Crippen LogP contribution is -2.12. The zero-order valence-corrected chi connectivity index (χ0v) is 13.6. The summed E-state index contributed by atoms with van der Waals surface area (Å²) in [5, 5.41) is 12.3. The maximum absolute atomic E-state index is 12.4. The van der Waals surface area contributed by atoms with Crippen LogP contribution in [0.4, 0.5) is 5.69 Å². The van der Waals surface area contributed by atoms with Crippen molar-refractivity contribution in [1.29, 1.82) is 0 Å². The van der Waals surface area contributed by atoms with Crippen LogP contribution in [0.15, 0.2) is 42.7 Å². The summed E-state index contributed by atoms with van der Waals surface area (Å²) < 4.78 is 7.34. The van der Waals surface area contributed by atoms with Crippen molar-refractivity contribution in [2.75, 3.05) is 11.9 Å². The highest BCUT2D eigenvalue weighted by Crippen LogP contribution is 2.24. The van der Waals surface area contributed by atoms with Crippen LogP contribution >= 0.6 is 0 Å². The van der Waals surface area contributed by atoms with Crippen LogP contribution in [0.5, 0.6) is 5.75 Å². The van der Waals surface area contributed by atoms with Gasteiger partial charge >= 0.3 is 0 Å². The second-order valence-corrected chi connectivity index (χ2v) is 5.43. The van der Waals surface area contributed by atoms with E-state index in [2.05, 4.69) is 10.3 Å². The van der Waals surface area contributed by atoms with Crippen molar-refractivity contribution in [2.45, 2.75) is 13.5 Å². The Morgan fingerprint density at radius 2 is 2.12 bits per heavy atom. The van der Waals surface area contributed by atoms with E-state index in [1.807, 2.05) is 24.6 Å². The van der Waals surface area contributed by atoms with Crippen molar-refractivity contribution >= 4 is 22.6 Å². The summed E-state index contributed by atoms with van der Waals surface area (Å²) >= 11 is 0. The molecule has 24 heavy (non-hydrogen) atoms. The van der Waals surface area contributed by atoms with E-state index in [1.54, 1.807) is 36.7 Å². The summed E-state index contributed by atoms with van der Waals surface area (Å²) in [6, 6.07) is 10.6. The predicted octanol–water partition coefficient (Wildman–Crippen LogP) is 2.72. The number of amides is 1. The van der Waals surface area contributed by atoms with Crippen LogP contribution in [0.1, 0.15) is 22.8 Å². The van der Waals surface area contributed by atoms with E-state index in [0.717, 1.165) is 11.0 Å². The number of rotatable bonds is 5. The average Bonchev–Trinajstić information content (AvgIpc) is 2.97. The number of nitrogens with one attached hydrogen (secondary N) is 1. The third kappa shape index (κ3) is 3.09. The van der Waals surface area contributed by atoms with Crippen LogP contribution in [0.25, 0.3) is 11.0 Å². The van der Waals surface area contributed by atoms with E-state index in [9.17, 15) is 9.90 Å². The first kappa shape index (κ1) is 16.0. The van der Waals surface area contributed by atoms with Gasteiger partial charge in [-0.15, -0.1) is 0 Å². The molecule has 6 heteroatoms. The van der Waals surface area contributed by atoms with Crippen LogP contribution in [0.2, 0.25) is 0 Å². The summed E-state index contributed by atoms with van der Waals surface area (Å²) in [4.78, 5) is 16.7. The fourth-order valence-corrected chi connectivity index (χ4v) is 2.56. The molecule has 3 rings (SSSR count). The van der Waals surface area contributed by atoms with E-state index in [1.165, 1.54) is 0 Å². The van der Waals surface area contributed by atoms with Gasteiger partial charge in [-0.2, -0.15) is 0 Å². The SMILES string of the molecule is CCOc1ccc(NC(=O)c2ccc3c(c2)ncn3C)cc1CO. The highest BCUT2D eigenvalue weighted by atomic mass is 16.5. The number of benzene rings is 2. The zero-order valence-electron chi connectivity index (χ0n) is 13.6. The normalized spacial score (nSPS) is 10.8. The molecule has 124 valence electrons. The number of aliphatic hydroxyl groups excluding tert-OH is 1. The fraction of sp³-hybridized carbons (Fsp3) is 0.222. The van der Waals surface area contributed by atoms with Crippen LogP contribution in [0.3, 0.4) is 0 Å². The van der Waals surface area contributed by atoms with E-state index < -0.39 is 0 Å². The molecule has 1 heterocycles. The highest BCUT2D eigenvalue weighted by molar-refractivity contribution is 6.06. The van der Waals surface area contributed by atoms with E-state index in [4.69, 9.17) is 4.74 Å². The Morgan fingerprint density at radius 1 is 1.29 bits per heavy atom. The molecular formula is C18H19N3O3. The Hall–Kier alpha value is -2.86. The number of imidazole rings is 1. The monoisotopic (exact) mass is 325 g/mol. The number of nitrogens with zero attached hydrogens (tertiary/aromatic N) is 2. The van der Waals surface area contributed by atoms with Gasteiger partial charge in [0.25, 0.3) is 5.91 Å². The molecule has 2 aromatic carbocycles. The van der Waals surface area contributed by atoms with Crippen molar-refractivity contribution in [3.63, 3.8) is 0 Å². The van der Waals surface area contributed by atoms with Gasteiger partial charge in [0, 0.05) is 23.9 Å². The van der Waals surface area contributed by atoms with Crippen molar-refractivity contribution in [3.05, 3.63) is 53.9 Å². The first-order valence-corrected chi connectivity index (χ1v) is 7.71. The van der Waals surface area contributed by atoms with Crippen LogP contribution < -0.4 is 10.1 Å². The molecule has 0 unspecified atom stereocenters. The summed E-state index contributed by atoms with van der Waals surface area (Å²) in [5.74, 6) is 0.392. The molecule has 0 atom stereocenters. The molecule has 1 amide bonds. The third-order valence-corrected chi connectivity index (χ3v) is 3.78. The van der Waals surface area contributed by atoms with Gasteiger partial charge < -0.3 is 19.7 Å². The number of carbonyl (C=O) groups is 1. The van der Waals surface area contributed by atoms with Gasteiger partial charge in [-0.25, -0.2) is 4.98 Å². The van der Waals surface area contributed by atoms with Crippen LogP contribution in [-0.4, -0.2) is 27.2 Å². The molecule has 1 aromatic heterocycles. The average molecular weight is 325 g/mol. The topological polar surface area (TPSA) is 76.4 Å². The number of anilines is 1. The summed E-state index contributed by atoms with van der Waals surface area (Å²) in [7, 11) is 1.91. The minimum absolute atomic E-state index is 0.154.